The summed E-state index contributed by atoms with van der Waals surface area (Å²) in [7, 11) is 0. The van der Waals surface area contributed by atoms with Gasteiger partial charge in [-0.3, -0.25) is 4.57 Å². The second-order valence-electron chi connectivity index (χ2n) is 1.85. The van der Waals surface area contributed by atoms with Crippen molar-refractivity contribution in [2.24, 2.45) is 0 Å². The highest BCUT2D eigenvalue weighted by Crippen LogP contribution is 2.14. The fourth-order valence-corrected chi connectivity index (χ4v) is 0.702. The van der Waals surface area contributed by atoms with E-state index >= 15 is 0 Å². The molecule has 0 amide bonds. The minimum atomic E-state index is -2.84. The Hall–Kier alpha value is -1.95. The van der Waals surface area contributed by atoms with Crippen LogP contribution in [-0.4, -0.2) is 9.55 Å². The molecular formula is C6H2F2N4. The number of nitriles is 2. The van der Waals surface area contributed by atoms with Gasteiger partial charge in [-0.1, -0.05) is 0 Å². The van der Waals surface area contributed by atoms with Crippen molar-refractivity contribution >= 4 is 0 Å². The van der Waals surface area contributed by atoms with Crippen molar-refractivity contribution in [2.75, 3.05) is 0 Å². The molecule has 0 saturated heterocycles. The zero-order valence-electron chi connectivity index (χ0n) is 5.70. The average molecular weight is 168 g/mol. The van der Waals surface area contributed by atoms with Crippen molar-refractivity contribution in [1.29, 1.82) is 10.5 Å². The highest BCUT2D eigenvalue weighted by Gasteiger charge is 2.15. The normalized spacial score (nSPS) is 9.42. The summed E-state index contributed by atoms with van der Waals surface area (Å²) in [6, 6.07) is 3.01. The Kier molecular flexibility index (Phi) is 2.02. The third-order valence-corrected chi connectivity index (χ3v) is 1.22. The molecule has 1 aromatic rings. The zero-order valence-corrected chi connectivity index (χ0v) is 5.70. The molecule has 0 radical (unpaired) electrons. The minimum absolute atomic E-state index is 0.280. The summed E-state index contributed by atoms with van der Waals surface area (Å²) in [6.07, 6.45) is 0.766. The molecule has 0 aliphatic rings. The minimum Gasteiger partial charge on any atom is -0.263 e. The molecule has 0 aromatic carbocycles. The predicted molar refractivity (Wildman–Crippen MR) is 32.9 cm³/mol. The number of imidazole rings is 1. The van der Waals surface area contributed by atoms with Gasteiger partial charge in [-0.15, -0.1) is 0 Å². The molecule has 0 N–H and O–H groups in total. The van der Waals surface area contributed by atoms with Crippen molar-refractivity contribution in [3.63, 3.8) is 0 Å². The molecule has 0 bridgehead atoms. The van der Waals surface area contributed by atoms with E-state index in [-0.39, 0.29) is 5.69 Å². The molecule has 60 valence electrons. The maximum absolute atomic E-state index is 12.0. The van der Waals surface area contributed by atoms with E-state index in [4.69, 9.17) is 10.5 Å². The van der Waals surface area contributed by atoms with E-state index in [0.29, 0.717) is 4.57 Å². The SMILES string of the molecule is N#Cc1ncn(C(F)F)c1C#N. The lowest BCUT2D eigenvalue weighted by Gasteiger charge is -1.98. The van der Waals surface area contributed by atoms with Crippen molar-refractivity contribution < 1.29 is 8.78 Å². The van der Waals surface area contributed by atoms with Crippen LogP contribution in [-0.2, 0) is 0 Å². The lowest BCUT2D eigenvalue weighted by Crippen LogP contribution is -1.99. The Morgan fingerprint density at radius 3 is 2.50 bits per heavy atom. The van der Waals surface area contributed by atoms with Crippen LogP contribution in [0.25, 0.3) is 0 Å². The number of nitrogens with zero attached hydrogens (tertiary/aromatic N) is 4. The third-order valence-electron chi connectivity index (χ3n) is 1.22. The lowest BCUT2D eigenvalue weighted by atomic mass is 10.4. The fourth-order valence-electron chi connectivity index (χ4n) is 0.702. The van der Waals surface area contributed by atoms with Crippen LogP contribution in [0.4, 0.5) is 8.78 Å². The number of alkyl halides is 2. The summed E-state index contributed by atoms with van der Waals surface area (Å²) in [4.78, 5) is 3.33. The van der Waals surface area contributed by atoms with Gasteiger partial charge in [0.15, 0.2) is 11.4 Å². The van der Waals surface area contributed by atoms with E-state index < -0.39 is 12.2 Å². The van der Waals surface area contributed by atoms with Crippen molar-refractivity contribution in [2.45, 2.75) is 6.55 Å². The van der Waals surface area contributed by atoms with Gasteiger partial charge >= 0.3 is 6.55 Å². The number of aromatic nitrogens is 2. The van der Waals surface area contributed by atoms with Gasteiger partial charge in [0, 0.05) is 0 Å². The van der Waals surface area contributed by atoms with Gasteiger partial charge in [0.1, 0.15) is 18.5 Å². The quantitative estimate of drug-likeness (QED) is 0.628. The van der Waals surface area contributed by atoms with E-state index in [9.17, 15) is 8.78 Å². The monoisotopic (exact) mass is 168 g/mol. The van der Waals surface area contributed by atoms with E-state index in [1.807, 2.05) is 0 Å². The van der Waals surface area contributed by atoms with E-state index in [0.717, 1.165) is 6.33 Å². The summed E-state index contributed by atoms with van der Waals surface area (Å²) in [5, 5.41) is 16.7. The summed E-state index contributed by atoms with van der Waals surface area (Å²) < 4.78 is 24.4. The van der Waals surface area contributed by atoms with Gasteiger partial charge in [-0.25, -0.2) is 4.98 Å². The molecule has 12 heavy (non-hydrogen) atoms. The fraction of sp³-hybridized carbons (Fsp3) is 0.167. The van der Waals surface area contributed by atoms with Gasteiger partial charge in [-0.2, -0.15) is 19.3 Å². The summed E-state index contributed by atoms with van der Waals surface area (Å²) in [5.41, 5.74) is -0.690. The zero-order chi connectivity index (χ0) is 9.14. The van der Waals surface area contributed by atoms with E-state index in [1.54, 1.807) is 0 Å². The van der Waals surface area contributed by atoms with Gasteiger partial charge in [-0.05, 0) is 0 Å². The summed E-state index contributed by atoms with van der Waals surface area (Å²) in [5.74, 6) is 0. The van der Waals surface area contributed by atoms with Crippen LogP contribution >= 0.6 is 0 Å². The van der Waals surface area contributed by atoms with Crippen LogP contribution in [0.2, 0.25) is 0 Å². The second kappa shape index (κ2) is 2.97. The first kappa shape index (κ1) is 8.15. The Labute approximate surface area is 66.3 Å². The molecule has 0 saturated carbocycles. The van der Waals surface area contributed by atoms with Crippen molar-refractivity contribution in [1.82, 2.24) is 9.55 Å². The molecule has 4 nitrogen and oxygen atoms in total. The van der Waals surface area contributed by atoms with Gasteiger partial charge in [0.05, 0.1) is 0 Å². The molecule has 0 fully saturated rings. The van der Waals surface area contributed by atoms with Crippen molar-refractivity contribution in [3.05, 3.63) is 17.7 Å². The number of halogens is 2. The summed E-state index contributed by atoms with van der Waals surface area (Å²) in [6.45, 7) is -2.84. The smallest absolute Gasteiger partial charge is 0.263 e. The Morgan fingerprint density at radius 1 is 1.42 bits per heavy atom. The predicted octanol–water partition coefficient (Wildman–Crippen LogP) is 1.02. The van der Waals surface area contributed by atoms with Crippen LogP contribution < -0.4 is 0 Å². The first-order chi connectivity index (χ1) is 5.70. The van der Waals surface area contributed by atoms with Gasteiger partial charge in [0.25, 0.3) is 0 Å². The topological polar surface area (TPSA) is 65.4 Å². The average Bonchev–Trinajstić information content (AvgIpc) is 2.46. The first-order valence-electron chi connectivity index (χ1n) is 2.86. The highest BCUT2D eigenvalue weighted by atomic mass is 19.3. The summed E-state index contributed by atoms with van der Waals surface area (Å²) >= 11 is 0. The molecule has 6 heteroatoms. The lowest BCUT2D eigenvalue weighted by molar-refractivity contribution is 0.0693. The Balaban J connectivity index is 3.28. The second-order valence-corrected chi connectivity index (χ2v) is 1.85. The molecule has 1 heterocycles. The van der Waals surface area contributed by atoms with Crippen molar-refractivity contribution in [3.8, 4) is 12.1 Å². The van der Waals surface area contributed by atoms with Crippen LogP contribution in [0.15, 0.2) is 6.33 Å². The molecule has 0 aliphatic carbocycles. The maximum Gasteiger partial charge on any atom is 0.320 e. The Morgan fingerprint density at radius 2 is 2.08 bits per heavy atom. The largest absolute Gasteiger partial charge is 0.320 e. The molecule has 1 rings (SSSR count). The number of rotatable bonds is 1. The highest BCUT2D eigenvalue weighted by molar-refractivity contribution is 5.36. The van der Waals surface area contributed by atoms with Gasteiger partial charge in [0.2, 0.25) is 0 Å². The molecule has 0 unspecified atom stereocenters. The molecular weight excluding hydrogens is 166 g/mol. The van der Waals surface area contributed by atoms with Crippen LogP contribution in [0.3, 0.4) is 0 Å². The number of hydrogen-bond acceptors (Lipinski definition) is 3. The molecule has 0 spiro atoms. The van der Waals surface area contributed by atoms with Crippen LogP contribution in [0.1, 0.15) is 17.9 Å². The van der Waals surface area contributed by atoms with Crippen LogP contribution in [0.5, 0.6) is 0 Å². The molecule has 0 atom stereocenters. The standard InChI is InChI=1S/C6H2F2N4/c7-6(8)12-3-11-4(1-9)5(12)2-10/h3,6H. The van der Waals surface area contributed by atoms with Crippen LogP contribution in [0, 0.1) is 22.7 Å². The third kappa shape index (κ3) is 1.10. The van der Waals surface area contributed by atoms with E-state index in [1.165, 1.54) is 12.1 Å². The maximum atomic E-state index is 12.0. The first-order valence-corrected chi connectivity index (χ1v) is 2.86. The molecule has 1 aromatic heterocycles. The Bertz CT molecular complexity index is 368. The van der Waals surface area contributed by atoms with Gasteiger partial charge < -0.3 is 0 Å². The van der Waals surface area contributed by atoms with E-state index in [2.05, 4.69) is 4.98 Å². The number of hydrogen-bond donors (Lipinski definition) is 0. The molecule has 0 aliphatic heterocycles.